The fraction of sp³-hybridized carbons (Fsp3) is 0.435. The van der Waals surface area contributed by atoms with Gasteiger partial charge in [0.05, 0.1) is 5.60 Å². The molecular formula is C23H27FN2O3S. The minimum absolute atomic E-state index is 0.00472. The highest BCUT2D eigenvalue weighted by Gasteiger charge is 2.35. The third kappa shape index (κ3) is 4.79. The van der Waals surface area contributed by atoms with Crippen molar-refractivity contribution < 1.29 is 18.7 Å². The van der Waals surface area contributed by atoms with Crippen molar-refractivity contribution in [3.8, 4) is 0 Å². The lowest BCUT2D eigenvalue weighted by molar-refractivity contribution is -0.0950. The fourth-order valence-corrected chi connectivity index (χ4v) is 4.94. The zero-order chi connectivity index (χ0) is 21.0. The third-order valence-corrected chi connectivity index (χ3v) is 6.88. The summed E-state index contributed by atoms with van der Waals surface area (Å²) in [5.74, 6) is 0.508. The van der Waals surface area contributed by atoms with Crippen molar-refractivity contribution in [1.29, 1.82) is 0 Å². The molecule has 0 unspecified atom stereocenters. The molecule has 2 saturated heterocycles. The number of nitrogens with one attached hydrogen (secondary N) is 1. The fourth-order valence-electron chi connectivity index (χ4n) is 4.01. The van der Waals surface area contributed by atoms with Crippen molar-refractivity contribution in [1.82, 2.24) is 10.2 Å². The van der Waals surface area contributed by atoms with Crippen molar-refractivity contribution in [3.05, 3.63) is 65.0 Å². The molecule has 30 heavy (non-hydrogen) atoms. The number of amides is 2. The number of carbonyl (C=O) groups is 1. The average molecular weight is 431 g/mol. The Hall–Kier alpha value is -2.09. The highest BCUT2D eigenvalue weighted by atomic mass is 32.2. The molecule has 2 aromatic rings. The maximum atomic E-state index is 14.4. The number of rotatable bonds is 7. The van der Waals surface area contributed by atoms with E-state index in [-0.39, 0.29) is 11.8 Å². The van der Waals surface area contributed by atoms with Gasteiger partial charge in [-0.1, -0.05) is 24.3 Å². The first-order chi connectivity index (χ1) is 14.6. The second-order valence-corrected chi connectivity index (χ2v) is 8.79. The normalized spacial score (nSPS) is 18.5. The first-order valence-corrected chi connectivity index (χ1v) is 11.2. The molecule has 2 fully saturated rings. The van der Waals surface area contributed by atoms with E-state index in [1.807, 2.05) is 6.07 Å². The molecule has 2 heterocycles. The summed E-state index contributed by atoms with van der Waals surface area (Å²) in [6.45, 7) is 3.32. The molecule has 2 aliphatic rings. The van der Waals surface area contributed by atoms with E-state index in [0.29, 0.717) is 26.3 Å². The number of thioether (sulfide) groups is 1. The zero-order valence-corrected chi connectivity index (χ0v) is 18.0. The number of halogens is 1. The standard InChI is InChI=1S/C23H27FN2O3S/c1-28-23(6-10-29-11-7-23)19-12-20(24)14-21(13-19)30-16-18-4-2-17(3-5-18)15-26-9-8-25-22(26)27/h2-5,12-14H,6-11,15-16H2,1H3,(H,25,27). The van der Waals surface area contributed by atoms with E-state index in [0.717, 1.165) is 46.7 Å². The van der Waals surface area contributed by atoms with E-state index in [1.165, 1.54) is 0 Å². The Labute approximate surface area is 180 Å². The molecule has 2 aromatic carbocycles. The van der Waals surface area contributed by atoms with Crippen LogP contribution in [0.25, 0.3) is 0 Å². The number of methoxy groups -OCH3 is 1. The van der Waals surface area contributed by atoms with Crippen LogP contribution in [0.3, 0.4) is 0 Å². The van der Waals surface area contributed by atoms with Crippen LogP contribution in [0.2, 0.25) is 0 Å². The number of nitrogens with zero attached hydrogens (tertiary/aromatic N) is 1. The van der Waals surface area contributed by atoms with E-state index < -0.39 is 5.60 Å². The molecule has 160 valence electrons. The van der Waals surface area contributed by atoms with Crippen LogP contribution < -0.4 is 5.32 Å². The molecule has 0 atom stereocenters. The molecule has 0 bridgehead atoms. The summed E-state index contributed by atoms with van der Waals surface area (Å²) in [6, 6.07) is 13.5. The Morgan fingerprint density at radius 1 is 1.17 bits per heavy atom. The largest absolute Gasteiger partial charge is 0.381 e. The van der Waals surface area contributed by atoms with E-state index in [2.05, 4.69) is 29.6 Å². The highest BCUT2D eigenvalue weighted by molar-refractivity contribution is 7.98. The second-order valence-electron chi connectivity index (χ2n) is 7.75. The quantitative estimate of drug-likeness (QED) is 0.666. The van der Waals surface area contributed by atoms with Crippen LogP contribution in [-0.2, 0) is 27.4 Å². The van der Waals surface area contributed by atoms with Crippen molar-refractivity contribution >= 4 is 17.8 Å². The number of hydrogen-bond acceptors (Lipinski definition) is 4. The lowest BCUT2D eigenvalue weighted by Gasteiger charge is -2.36. The smallest absolute Gasteiger partial charge is 0.317 e. The van der Waals surface area contributed by atoms with Gasteiger partial charge in [0.15, 0.2) is 0 Å². The van der Waals surface area contributed by atoms with E-state index in [4.69, 9.17) is 9.47 Å². The van der Waals surface area contributed by atoms with Crippen LogP contribution >= 0.6 is 11.8 Å². The molecule has 0 radical (unpaired) electrons. The molecule has 0 spiro atoms. The van der Waals surface area contributed by atoms with E-state index >= 15 is 0 Å². The van der Waals surface area contributed by atoms with Gasteiger partial charge in [-0.25, -0.2) is 9.18 Å². The number of hydrogen-bond donors (Lipinski definition) is 1. The topological polar surface area (TPSA) is 50.8 Å². The molecule has 7 heteroatoms. The molecule has 0 saturated carbocycles. The lowest BCUT2D eigenvalue weighted by Crippen LogP contribution is -2.35. The molecule has 0 aliphatic carbocycles. The van der Waals surface area contributed by atoms with Crippen LogP contribution in [-0.4, -0.2) is 44.3 Å². The minimum atomic E-state index is -0.473. The van der Waals surface area contributed by atoms with Crippen LogP contribution in [0.4, 0.5) is 9.18 Å². The van der Waals surface area contributed by atoms with Crippen molar-refractivity contribution in [2.24, 2.45) is 0 Å². The Morgan fingerprint density at radius 3 is 2.57 bits per heavy atom. The van der Waals surface area contributed by atoms with Crippen molar-refractivity contribution in [2.45, 2.75) is 35.6 Å². The van der Waals surface area contributed by atoms with Gasteiger partial charge >= 0.3 is 6.03 Å². The van der Waals surface area contributed by atoms with Gasteiger partial charge in [-0.3, -0.25) is 0 Å². The van der Waals surface area contributed by atoms with Crippen LogP contribution in [0.5, 0.6) is 0 Å². The number of urea groups is 1. The molecule has 2 amide bonds. The summed E-state index contributed by atoms with van der Waals surface area (Å²) < 4.78 is 25.6. The molecule has 0 aromatic heterocycles. The average Bonchev–Trinajstić information content (AvgIpc) is 3.17. The van der Waals surface area contributed by atoms with Gasteiger partial charge in [0.25, 0.3) is 0 Å². The summed E-state index contributed by atoms with van der Waals surface area (Å²) in [7, 11) is 1.69. The van der Waals surface area contributed by atoms with Gasteiger partial charge in [0.1, 0.15) is 5.82 Å². The summed E-state index contributed by atoms with van der Waals surface area (Å²) in [5, 5.41) is 2.82. The monoisotopic (exact) mass is 430 g/mol. The predicted molar refractivity (Wildman–Crippen MR) is 115 cm³/mol. The second kappa shape index (κ2) is 9.37. The van der Waals surface area contributed by atoms with Crippen molar-refractivity contribution in [3.63, 3.8) is 0 Å². The van der Waals surface area contributed by atoms with Crippen LogP contribution in [0, 0.1) is 5.82 Å². The molecule has 1 N–H and O–H groups in total. The van der Waals surface area contributed by atoms with Gasteiger partial charge < -0.3 is 19.7 Å². The Morgan fingerprint density at radius 2 is 1.90 bits per heavy atom. The summed E-state index contributed by atoms with van der Waals surface area (Å²) in [4.78, 5) is 14.4. The van der Waals surface area contributed by atoms with Gasteiger partial charge in [-0.05, 0) is 34.9 Å². The Kier molecular flexibility index (Phi) is 6.61. The third-order valence-electron chi connectivity index (χ3n) is 5.84. The predicted octanol–water partition coefficient (Wildman–Crippen LogP) is 4.30. The SMILES string of the molecule is COC1(c2cc(F)cc(SCc3ccc(CN4CCNC4=O)cc3)c2)CCOCC1. The minimum Gasteiger partial charge on any atom is -0.381 e. The number of benzene rings is 2. The van der Waals surface area contributed by atoms with Crippen LogP contribution in [0.1, 0.15) is 29.5 Å². The first-order valence-electron chi connectivity index (χ1n) is 10.3. The Bertz CT molecular complexity index is 885. The van der Waals surface area contributed by atoms with E-state index in [1.54, 1.807) is 35.9 Å². The van der Waals surface area contributed by atoms with Gasteiger partial charge in [0.2, 0.25) is 0 Å². The number of ether oxygens (including phenoxy) is 2. The van der Waals surface area contributed by atoms with Gasteiger partial charge in [-0.15, -0.1) is 11.8 Å². The van der Waals surface area contributed by atoms with Gasteiger partial charge in [-0.2, -0.15) is 0 Å². The summed E-state index contributed by atoms with van der Waals surface area (Å²) in [6.07, 6.45) is 1.46. The molecular weight excluding hydrogens is 403 g/mol. The van der Waals surface area contributed by atoms with Crippen LogP contribution in [0.15, 0.2) is 47.4 Å². The molecule has 5 nitrogen and oxygen atoms in total. The van der Waals surface area contributed by atoms with E-state index in [9.17, 15) is 9.18 Å². The van der Waals surface area contributed by atoms with Crippen molar-refractivity contribution in [2.75, 3.05) is 33.4 Å². The lowest BCUT2D eigenvalue weighted by atomic mass is 9.86. The maximum absolute atomic E-state index is 14.4. The maximum Gasteiger partial charge on any atom is 0.317 e. The molecule has 2 aliphatic heterocycles. The van der Waals surface area contributed by atoms with Gasteiger partial charge in [0, 0.05) is 63.4 Å². The number of carbonyl (C=O) groups excluding carboxylic acids is 1. The summed E-state index contributed by atoms with van der Waals surface area (Å²) in [5.41, 5.74) is 2.68. The first kappa shape index (κ1) is 21.2. The zero-order valence-electron chi connectivity index (χ0n) is 17.2. The Balaban J connectivity index is 1.41. The summed E-state index contributed by atoms with van der Waals surface area (Å²) >= 11 is 1.61. The molecule has 4 rings (SSSR count). The highest BCUT2D eigenvalue weighted by Crippen LogP contribution is 2.38.